The highest BCUT2D eigenvalue weighted by molar-refractivity contribution is 9.10. The Morgan fingerprint density at radius 3 is 2.81 bits per heavy atom. The van der Waals surface area contributed by atoms with Crippen LogP contribution in [0.25, 0.3) is 5.69 Å². The predicted octanol–water partition coefficient (Wildman–Crippen LogP) is 2.64. The molecule has 0 unspecified atom stereocenters. The summed E-state index contributed by atoms with van der Waals surface area (Å²) in [6, 6.07) is 5.84. The zero-order chi connectivity index (χ0) is 11.7. The fourth-order valence-corrected chi connectivity index (χ4v) is 2.08. The monoisotopic (exact) mass is 280 g/mol. The van der Waals surface area contributed by atoms with Gasteiger partial charge >= 0.3 is 5.97 Å². The minimum Gasteiger partial charge on any atom is -0.476 e. The number of aromatic carboxylic acids is 1. The van der Waals surface area contributed by atoms with Crippen LogP contribution in [0.1, 0.15) is 16.1 Å². The molecule has 82 valence electrons. The number of imidazole rings is 1. The molecule has 1 aromatic heterocycles. The molecular formula is C11H9BrN2O2. The van der Waals surface area contributed by atoms with Gasteiger partial charge in [-0.2, -0.15) is 0 Å². The van der Waals surface area contributed by atoms with E-state index in [-0.39, 0.29) is 5.69 Å². The van der Waals surface area contributed by atoms with Gasteiger partial charge in [0, 0.05) is 10.7 Å². The number of aryl methyl sites for hydroxylation is 1. The Morgan fingerprint density at radius 2 is 2.25 bits per heavy atom. The molecule has 1 aromatic carbocycles. The van der Waals surface area contributed by atoms with E-state index in [1.807, 2.05) is 25.1 Å². The Kier molecular flexibility index (Phi) is 2.78. The summed E-state index contributed by atoms with van der Waals surface area (Å²) >= 11 is 3.43. The summed E-state index contributed by atoms with van der Waals surface area (Å²) in [4.78, 5) is 14.5. The van der Waals surface area contributed by atoms with Crippen molar-refractivity contribution in [3.63, 3.8) is 0 Å². The number of nitrogens with zero attached hydrogens (tertiary/aromatic N) is 2. The van der Waals surface area contributed by atoms with Crippen LogP contribution in [0.3, 0.4) is 0 Å². The molecule has 0 amide bonds. The summed E-state index contributed by atoms with van der Waals surface area (Å²) in [5.74, 6) is -1.03. The number of halogens is 1. The first kappa shape index (κ1) is 10.9. The molecule has 2 aromatic rings. The maximum Gasteiger partial charge on any atom is 0.356 e. The topological polar surface area (TPSA) is 55.1 Å². The zero-order valence-corrected chi connectivity index (χ0v) is 10.1. The Morgan fingerprint density at radius 1 is 1.50 bits per heavy atom. The van der Waals surface area contributed by atoms with Crippen LogP contribution in [0.5, 0.6) is 0 Å². The lowest BCUT2D eigenvalue weighted by molar-refractivity contribution is 0.0691. The summed E-state index contributed by atoms with van der Waals surface area (Å²) < 4.78 is 2.58. The lowest BCUT2D eigenvalue weighted by atomic mass is 10.2. The van der Waals surface area contributed by atoms with Gasteiger partial charge in [0.2, 0.25) is 0 Å². The number of aromatic nitrogens is 2. The Labute approximate surface area is 101 Å². The normalized spacial score (nSPS) is 10.4. The largest absolute Gasteiger partial charge is 0.476 e. The van der Waals surface area contributed by atoms with Crippen LogP contribution >= 0.6 is 15.9 Å². The van der Waals surface area contributed by atoms with E-state index in [1.165, 1.54) is 12.5 Å². The highest BCUT2D eigenvalue weighted by atomic mass is 79.9. The van der Waals surface area contributed by atoms with Gasteiger partial charge in [-0.15, -0.1) is 0 Å². The van der Waals surface area contributed by atoms with Crippen molar-refractivity contribution in [2.75, 3.05) is 0 Å². The molecule has 0 aliphatic heterocycles. The van der Waals surface area contributed by atoms with E-state index in [0.717, 1.165) is 15.7 Å². The van der Waals surface area contributed by atoms with Gasteiger partial charge < -0.3 is 9.67 Å². The van der Waals surface area contributed by atoms with Crippen molar-refractivity contribution in [2.24, 2.45) is 0 Å². The molecule has 0 spiro atoms. The molecule has 0 aliphatic rings. The Bertz CT molecular complexity index is 549. The van der Waals surface area contributed by atoms with Gasteiger partial charge in [-0.05, 0) is 40.5 Å². The quantitative estimate of drug-likeness (QED) is 0.920. The molecule has 0 bridgehead atoms. The van der Waals surface area contributed by atoms with Gasteiger partial charge in [0.1, 0.15) is 6.33 Å². The van der Waals surface area contributed by atoms with Gasteiger partial charge in [0.25, 0.3) is 0 Å². The summed E-state index contributed by atoms with van der Waals surface area (Å²) in [5, 5.41) is 8.77. The molecule has 0 fully saturated rings. The van der Waals surface area contributed by atoms with Crippen molar-refractivity contribution in [1.29, 1.82) is 0 Å². The van der Waals surface area contributed by atoms with Crippen molar-refractivity contribution in [2.45, 2.75) is 6.92 Å². The van der Waals surface area contributed by atoms with E-state index in [0.29, 0.717) is 0 Å². The van der Waals surface area contributed by atoms with E-state index in [4.69, 9.17) is 5.11 Å². The lowest BCUT2D eigenvalue weighted by Gasteiger charge is -2.05. The number of carbonyl (C=O) groups is 1. The van der Waals surface area contributed by atoms with Crippen molar-refractivity contribution in [3.8, 4) is 5.69 Å². The van der Waals surface area contributed by atoms with Crippen LogP contribution in [-0.2, 0) is 0 Å². The first-order valence-corrected chi connectivity index (χ1v) is 5.41. The average Bonchev–Trinajstić information content (AvgIpc) is 2.66. The average molecular weight is 281 g/mol. The van der Waals surface area contributed by atoms with E-state index in [1.54, 1.807) is 4.57 Å². The molecule has 0 atom stereocenters. The van der Waals surface area contributed by atoms with Crippen molar-refractivity contribution in [3.05, 3.63) is 46.5 Å². The number of rotatable bonds is 2. The SMILES string of the molecule is Cc1ccc(-n2cnc(C(=O)O)c2)c(Br)c1. The van der Waals surface area contributed by atoms with Crippen molar-refractivity contribution in [1.82, 2.24) is 9.55 Å². The Hall–Kier alpha value is -1.62. The molecule has 1 N–H and O–H groups in total. The summed E-state index contributed by atoms with van der Waals surface area (Å²) in [6.45, 7) is 1.99. The minimum absolute atomic E-state index is 0.0347. The third-order valence-electron chi connectivity index (χ3n) is 2.18. The van der Waals surface area contributed by atoms with Crippen LogP contribution in [0.15, 0.2) is 35.2 Å². The van der Waals surface area contributed by atoms with E-state index >= 15 is 0 Å². The molecule has 0 radical (unpaired) electrons. The fourth-order valence-electron chi connectivity index (χ4n) is 1.39. The molecule has 0 saturated heterocycles. The molecule has 16 heavy (non-hydrogen) atoms. The zero-order valence-electron chi connectivity index (χ0n) is 8.51. The predicted molar refractivity (Wildman–Crippen MR) is 63.0 cm³/mol. The number of hydrogen-bond donors (Lipinski definition) is 1. The van der Waals surface area contributed by atoms with Gasteiger partial charge in [0.05, 0.1) is 5.69 Å². The molecule has 4 nitrogen and oxygen atoms in total. The maximum atomic E-state index is 10.7. The molecule has 2 rings (SSSR count). The second kappa shape index (κ2) is 4.09. The van der Waals surface area contributed by atoms with Crippen molar-refractivity contribution >= 4 is 21.9 Å². The number of benzene rings is 1. The lowest BCUT2D eigenvalue weighted by Crippen LogP contribution is -1.96. The third-order valence-corrected chi connectivity index (χ3v) is 2.82. The van der Waals surface area contributed by atoms with Crippen LogP contribution < -0.4 is 0 Å². The summed E-state index contributed by atoms with van der Waals surface area (Å²) in [5.41, 5.74) is 2.03. The second-order valence-electron chi connectivity index (χ2n) is 3.43. The van der Waals surface area contributed by atoms with Crippen LogP contribution in [0, 0.1) is 6.92 Å². The number of carboxylic acids is 1. The number of carboxylic acid groups (broad SMARTS) is 1. The molecule has 0 aliphatic carbocycles. The molecule has 0 saturated carbocycles. The van der Waals surface area contributed by atoms with E-state index in [2.05, 4.69) is 20.9 Å². The summed E-state index contributed by atoms with van der Waals surface area (Å²) in [7, 11) is 0. The molecular weight excluding hydrogens is 272 g/mol. The smallest absolute Gasteiger partial charge is 0.356 e. The van der Waals surface area contributed by atoms with Gasteiger partial charge in [-0.1, -0.05) is 6.07 Å². The van der Waals surface area contributed by atoms with Gasteiger partial charge in [0.15, 0.2) is 5.69 Å². The third kappa shape index (κ3) is 1.99. The van der Waals surface area contributed by atoms with Crippen LogP contribution in [0.4, 0.5) is 0 Å². The number of hydrogen-bond acceptors (Lipinski definition) is 2. The van der Waals surface area contributed by atoms with Gasteiger partial charge in [-0.3, -0.25) is 0 Å². The van der Waals surface area contributed by atoms with Crippen LogP contribution in [0.2, 0.25) is 0 Å². The second-order valence-corrected chi connectivity index (χ2v) is 4.28. The first-order chi connectivity index (χ1) is 7.58. The highest BCUT2D eigenvalue weighted by Crippen LogP contribution is 2.22. The standard InChI is InChI=1S/C11H9BrN2O2/c1-7-2-3-10(8(12)4-7)14-5-9(11(15)16)13-6-14/h2-6H,1H3,(H,15,16). The van der Waals surface area contributed by atoms with Crippen LogP contribution in [-0.4, -0.2) is 20.6 Å². The molecule has 5 heteroatoms. The first-order valence-electron chi connectivity index (χ1n) is 4.62. The highest BCUT2D eigenvalue weighted by Gasteiger charge is 2.09. The van der Waals surface area contributed by atoms with Crippen molar-refractivity contribution < 1.29 is 9.90 Å². The fraction of sp³-hybridized carbons (Fsp3) is 0.0909. The Balaban J connectivity index is 2.46. The maximum absolute atomic E-state index is 10.7. The van der Waals surface area contributed by atoms with E-state index < -0.39 is 5.97 Å². The summed E-state index contributed by atoms with van der Waals surface area (Å²) in [6.07, 6.45) is 2.97. The van der Waals surface area contributed by atoms with Gasteiger partial charge in [-0.25, -0.2) is 9.78 Å². The van der Waals surface area contributed by atoms with E-state index in [9.17, 15) is 4.79 Å². The molecule has 1 heterocycles. The minimum atomic E-state index is -1.03.